The van der Waals surface area contributed by atoms with Crippen LogP contribution >= 0.6 is 0 Å². The molecular formula is C15H15F3N2O3. The summed E-state index contributed by atoms with van der Waals surface area (Å²) in [6, 6.07) is 7.12. The van der Waals surface area contributed by atoms with Gasteiger partial charge in [-0.3, -0.25) is 0 Å². The number of alkyl halides is 3. The molecule has 0 fully saturated rings. The van der Waals surface area contributed by atoms with Gasteiger partial charge in [0.25, 0.3) is 0 Å². The Hall–Kier alpha value is -2.48. The Morgan fingerprint density at radius 2 is 2.09 bits per heavy atom. The number of amides is 2. The lowest BCUT2D eigenvalue weighted by Gasteiger charge is -2.15. The molecule has 0 saturated carbocycles. The number of carbonyl (C=O) groups excluding carboxylic acids is 1. The molecule has 5 nitrogen and oxygen atoms in total. The summed E-state index contributed by atoms with van der Waals surface area (Å²) in [6.07, 6.45) is -3.48. The monoisotopic (exact) mass is 328 g/mol. The summed E-state index contributed by atoms with van der Waals surface area (Å²) in [5.74, 6) is 0.534. The van der Waals surface area contributed by atoms with Crippen LogP contribution in [0.4, 0.5) is 23.7 Å². The van der Waals surface area contributed by atoms with E-state index in [2.05, 4.69) is 10.6 Å². The number of halogens is 3. The molecular weight excluding hydrogens is 313 g/mol. The van der Waals surface area contributed by atoms with Gasteiger partial charge in [0.1, 0.15) is 11.9 Å². The van der Waals surface area contributed by atoms with E-state index in [0.717, 1.165) is 12.1 Å². The lowest BCUT2D eigenvalue weighted by Crippen LogP contribution is -2.32. The van der Waals surface area contributed by atoms with E-state index in [0.29, 0.717) is 5.76 Å². The van der Waals surface area contributed by atoms with Gasteiger partial charge >= 0.3 is 12.2 Å². The lowest BCUT2D eigenvalue weighted by molar-refractivity contribution is -0.137. The Morgan fingerprint density at radius 3 is 2.70 bits per heavy atom. The standard InChI is InChI=1S/C15H15F3N2O3/c1-22-13(12-6-3-7-23-12)9-19-14(21)20-11-5-2-4-10(8-11)15(16,17)18/h2-8,13H,9H2,1H3,(H2,19,20,21). The molecule has 1 aromatic carbocycles. The minimum atomic E-state index is -4.46. The van der Waals surface area contributed by atoms with Crippen LogP contribution in [0, 0.1) is 0 Å². The van der Waals surface area contributed by atoms with Gasteiger partial charge in [0.15, 0.2) is 0 Å². The zero-order chi connectivity index (χ0) is 16.9. The molecule has 23 heavy (non-hydrogen) atoms. The van der Waals surface area contributed by atoms with Crippen molar-refractivity contribution in [3.8, 4) is 0 Å². The van der Waals surface area contributed by atoms with E-state index in [9.17, 15) is 18.0 Å². The van der Waals surface area contributed by atoms with Gasteiger partial charge in [-0.15, -0.1) is 0 Å². The molecule has 0 bridgehead atoms. The van der Waals surface area contributed by atoms with Crippen molar-refractivity contribution in [1.29, 1.82) is 0 Å². The van der Waals surface area contributed by atoms with E-state index >= 15 is 0 Å². The highest BCUT2D eigenvalue weighted by Crippen LogP contribution is 2.30. The summed E-state index contributed by atoms with van der Waals surface area (Å²) in [6.45, 7) is 0.106. The summed E-state index contributed by atoms with van der Waals surface area (Å²) in [7, 11) is 1.46. The van der Waals surface area contributed by atoms with Crippen molar-refractivity contribution >= 4 is 11.7 Å². The van der Waals surface area contributed by atoms with Crippen molar-refractivity contribution in [2.24, 2.45) is 0 Å². The number of anilines is 1. The Kier molecular flexibility index (Phi) is 5.28. The number of hydrogen-bond donors (Lipinski definition) is 2. The second-order valence-electron chi connectivity index (χ2n) is 4.65. The highest BCUT2D eigenvalue weighted by atomic mass is 19.4. The van der Waals surface area contributed by atoms with Crippen molar-refractivity contribution < 1.29 is 27.1 Å². The van der Waals surface area contributed by atoms with Crippen molar-refractivity contribution in [1.82, 2.24) is 5.32 Å². The maximum atomic E-state index is 12.6. The Labute approximate surface area is 130 Å². The van der Waals surface area contributed by atoms with Gasteiger partial charge < -0.3 is 19.8 Å². The molecule has 8 heteroatoms. The van der Waals surface area contributed by atoms with E-state index < -0.39 is 23.9 Å². The van der Waals surface area contributed by atoms with Crippen LogP contribution in [0.1, 0.15) is 17.4 Å². The van der Waals surface area contributed by atoms with Gasteiger partial charge in [0.2, 0.25) is 0 Å². The summed E-state index contributed by atoms with van der Waals surface area (Å²) < 4.78 is 48.2. The van der Waals surface area contributed by atoms with Gasteiger partial charge in [-0.1, -0.05) is 6.07 Å². The maximum absolute atomic E-state index is 12.6. The molecule has 0 aliphatic heterocycles. The molecule has 0 aliphatic rings. The number of benzene rings is 1. The van der Waals surface area contributed by atoms with Crippen LogP contribution in [0.2, 0.25) is 0 Å². The second-order valence-corrected chi connectivity index (χ2v) is 4.65. The highest BCUT2D eigenvalue weighted by molar-refractivity contribution is 5.89. The molecule has 1 heterocycles. The van der Waals surface area contributed by atoms with Crippen LogP contribution in [0.25, 0.3) is 0 Å². The number of urea groups is 1. The van der Waals surface area contributed by atoms with Crippen LogP contribution in [-0.2, 0) is 10.9 Å². The quantitative estimate of drug-likeness (QED) is 0.877. The number of methoxy groups -OCH3 is 1. The van der Waals surface area contributed by atoms with Crippen molar-refractivity contribution in [3.63, 3.8) is 0 Å². The molecule has 2 aromatic rings. The maximum Gasteiger partial charge on any atom is 0.416 e. The van der Waals surface area contributed by atoms with E-state index in [1.807, 2.05) is 0 Å². The van der Waals surface area contributed by atoms with Crippen LogP contribution in [0.15, 0.2) is 47.1 Å². The van der Waals surface area contributed by atoms with Crippen LogP contribution < -0.4 is 10.6 Å². The fourth-order valence-electron chi connectivity index (χ4n) is 1.91. The lowest BCUT2D eigenvalue weighted by atomic mass is 10.2. The van der Waals surface area contributed by atoms with Gasteiger partial charge in [0, 0.05) is 12.8 Å². The third-order valence-electron chi connectivity index (χ3n) is 3.04. The van der Waals surface area contributed by atoms with Crippen LogP contribution in [0.3, 0.4) is 0 Å². The summed E-state index contributed by atoms with van der Waals surface area (Å²) >= 11 is 0. The molecule has 2 rings (SSSR count). The number of hydrogen-bond acceptors (Lipinski definition) is 3. The first kappa shape index (κ1) is 16.9. The molecule has 0 radical (unpaired) electrons. The molecule has 0 aliphatic carbocycles. The third-order valence-corrected chi connectivity index (χ3v) is 3.04. The molecule has 1 aromatic heterocycles. The molecule has 2 N–H and O–H groups in total. The minimum Gasteiger partial charge on any atom is -0.467 e. The molecule has 1 unspecified atom stereocenters. The van der Waals surface area contributed by atoms with Crippen molar-refractivity contribution in [2.45, 2.75) is 12.3 Å². The Morgan fingerprint density at radius 1 is 1.30 bits per heavy atom. The average Bonchev–Trinajstić information content (AvgIpc) is 3.01. The molecule has 0 spiro atoms. The van der Waals surface area contributed by atoms with E-state index in [-0.39, 0.29) is 12.2 Å². The fourth-order valence-corrected chi connectivity index (χ4v) is 1.91. The number of rotatable bonds is 5. The van der Waals surface area contributed by atoms with E-state index in [1.165, 1.54) is 25.5 Å². The van der Waals surface area contributed by atoms with Crippen LogP contribution in [-0.4, -0.2) is 19.7 Å². The predicted molar refractivity (Wildman–Crippen MR) is 76.9 cm³/mol. The number of nitrogens with one attached hydrogen (secondary N) is 2. The number of ether oxygens (including phenoxy) is 1. The van der Waals surface area contributed by atoms with E-state index in [4.69, 9.17) is 9.15 Å². The molecule has 124 valence electrons. The summed E-state index contributed by atoms with van der Waals surface area (Å²) in [5, 5.41) is 4.86. The number of carbonyl (C=O) groups is 1. The Bertz CT molecular complexity index is 642. The topological polar surface area (TPSA) is 63.5 Å². The fraction of sp³-hybridized carbons (Fsp3) is 0.267. The first-order valence-corrected chi connectivity index (χ1v) is 6.68. The van der Waals surface area contributed by atoms with Crippen molar-refractivity contribution in [2.75, 3.05) is 19.0 Å². The molecule has 0 saturated heterocycles. The summed E-state index contributed by atoms with van der Waals surface area (Å²) in [4.78, 5) is 11.8. The average molecular weight is 328 g/mol. The van der Waals surface area contributed by atoms with Gasteiger partial charge in [-0.25, -0.2) is 4.79 Å². The zero-order valence-corrected chi connectivity index (χ0v) is 12.2. The van der Waals surface area contributed by atoms with Gasteiger partial charge in [-0.05, 0) is 30.3 Å². The first-order valence-electron chi connectivity index (χ1n) is 6.68. The third kappa shape index (κ3) is 4.75. The Balaban J connectivity index is 1.92. The van der Waals surface area contributed by atoms with Gasteiger partial charge in [-0.2, -0.15) is 13.2 Å². The van der Waals surface area contributed by atoms with Crippen molar-refractivity contribution in [3.05, 3.63) is 54.0 Å². The predicted octanol–water partition coefficient (Wildman–Crippen LogP) is 3.81. The van der Waals surface area contributed by atoms with E-state index in [1.54, 1.807) is 12.1 Å². The smallest absolute Gasteiger partial charge is 0.416 e. The zero-order valence-electron chi connectivity index (χ0n) is 12.2. The summed E-state index contributed by atoms with van der Waals surface area (Å²) in [5.41, 5.74) is -0.787. The van der Waals surface area contributed by atoms with Crippen LogP contribution in [0.5, 0.6) is 0 Å². The van der Waals surface area contributed by atoms with Gasteiger partial charge in [0.05, 0.1) is 18.4 Å². The first-order chi connectivity index (χ1) is 10.9. The number of furan rings is 1. The normalized spacial score (nSPS) is 12.7. The SMILES string of the molecule is COC(CNC(=O)Nc1cccc(C(F)(F)F)c1)c1ccco1. The molecule has 1 atom stereocenters. The minimum absolute atomic E-state index is 0.0456. The molecule has 2 amide bonds. The second kappa shape index (κ2) is 7.19. The largest absolute Gasteiger partial charge is 0.467 e. The highest BCUT2D eigenvalue weighted by Gasteiger charge is 2.30.